The minimum absolute atomic E-state index is 0.108. The number of carbonyl (C=O) groups excluding carboxylic acids is 2. The van der Waals surface area contributed by atoms with Crippen LogP contribution in [0, 0.1) is 5.82 Å². The molecule has 156 valence electrons. The lowest BCUT2D eigenvalue weighted by atomic mass is 10.1. The highest BCUT2D eigenvalue weighted by atomic mass is 19.1. The summed E-state index contributed by atoms with van der Waals surface area (Å²) in [7, 11) is 1.26. The highest BCUT2D eigenvalue weighted by molar-refractivity contribution is 5.81. The molecule has 6 nitrogen and oxygen atoms in total. The number of esters is 1. The van der Waals surface area contributed by atoms with Gasteiger partial charge in [-0.2, -0.15) is 0 Å². The molecular weight excluding hydrogens is 377 g/mol. The first kappa shape index (κ1) is 22.2. The van der Waals surface area contributed by atoms with E-state index in [1.54, 1.807) is 63.2 Å². The second kappa shape index (κ2) is 9.91. The van der Waals surface area contributed by atoms with E-state index >= 15 is 0 Å². The summed E-state index contributed by atoms with van der Waals surface area (Å²) >= 11 is 0. The smallest absolute Gasteiger partial charge is 0.408 e. The van der Waals surface area contributed by atoms with E-state index in [0.717, 1.165) is 5.56 Å². The van der Waals surface area contributed by atoms with Gasteiger partial charge in [0.15, 0.2) is 0 Å². The number of benzene rings is 2. The Kier molecular flexibility index (Phi) is 7.59. The van der Waals surface area contributed by atoms with Crippen molar-refractivity contribution in [3.05, 3.63) is 65.5 Å². The molecule has 29 heavy (non-hydrogen) atoms. The van der Waals surface area contributed by atoms with Gasteiger partial charge >= 0.3 is 12.1 Å². The Labute approximate surface area is 170 Å². The van der Waals surface area contributed by atoms with Crippen LogP contribution in [0.1, 0.15) is 31.9 Å². The van der Waals surface area contributed by atoms with E-state index in [0.29, 0.717) is 11.3 Å². The Hall–Kier alpha value is -3.09. The van der Waals surface area contributed by atoms with Crippen LogP contribution in [-0.4, -0.2) is 30.8 Å². The van der Waals surface area contributed by atoms with Crippen LogP contribution in [0.15, 0.2) is 48.5 Å². The van der Waals surface area contributed by atoms with Crippen molar-refractivity contribution in [1.82, 2.24) is 5.32 Å². The van der Waals surface area contributed by atoms with Crippen molar-refractivity contribution < 1.29 is 28.2 Å². The molecule has 2 aromatic carbocycles. The number of nitrogens with one attached hydrogen (secondary N) is 1. The Morgan fingerprint density at radius 2 is 1.72 bits per heavy atom. The maximum Gasteiger partial charge on any atom is 0.408 e. The van der Waals surface area contributed by atoms with Crippen LogP contribution in [-0.2, 0) is 27.3 Å². The van der Waals surface area contributed by atoms with Gasteiger partial charge in [-0.1, -0.05) is 30.3 Å². The van der Waals surface area contributed by atoms with E-state index in [1.807, 2.05) is 0 Å². The molecule has 0 saturated heterocycles. The summed E-state index contributed by atoms with van der Waals surface area (Å²) in [5.41, 5.74) is 0.570. The van der Waals surface area contributed by atoms with Gasteiger partial charge in [0.25, 0.3) is 0 Å². The molecule has 0 aliphatic rings. The monoisotopic (exact) mass is 403 g/mol. The van der Waals surface area contributed by atoms with E-state index in [4.69, 9.17) is 14.2 Å². The minimum atomic E-state index is -0.889. The molecule has 2 rings (SSSR count). The van der Waals surface area contributed by atoms with Crippen LogP contribution in [0.4, 0.5) is 9.18 Å². The van der Waals surface area contributed by atoms with Crippen molar-refractivity contribution in [2.45, 2.75) is 45.4 Å². The first-order chi connectivity index (χ1) is 13.7. The van der Waals surface area contributed by atoms with Gasteiger partial charge in [-0.05, 0) is 44.5 Å². The second-order valence-corrected chi connectivity index (χ2v) is 7.45. The number of methoxy groups -OCH3 is 1. The largest absolute Gasteiger partial charge is 0.489 e. The fourth-order valence-electron chi connectivity index (χ4n) is 2.52. The zero-order valence-electron chi connectivity index (χ0n) is 17.0. The Morgan fingerprint density at radius 3 is 2.31 bits per heavy atom. The van der Waals surface area contributed by atoms with Crippen molar-refractivity contribution >= 4 is 12.1 Å². The average Bonchev–Trinajstić information content (AvgIpc) is 2.66. The van der Waals surface area contributed by atoms with Gasteiger partial charge in [-0.25, -0.2) is 14.0 Å². The molecular formula is C22H26FNO5. The molecule has 0 radical (unpaired) electrons. The van der Waals surface area contributed by atoms with Gasteiger partial charge in [0.1, 0.15) is 29.8 Å². The van der Waals surface area contributed by atoms with Crippen molar-refractivity contribution in [1.29, 1.82) is 0 Å². The fraction of sp³-hybridized carbons (Fsp3) is 0.364. The third kappa shape index (κ3) is 7.44. The molecule has 2 aromatic rings. The molecule has 0 aromatic heterocycles. The van der Waals surface area contributed by atoms with Crippen LogP contribution in [0.25, 0.3) is 0 Å². The SMILES string of the molecule is COC(=O)C(Cc1ccc(OCc2ccccc2F)cc1)NC(=O)OC(C)(C)C. The van der Waals surface area contributed by atoms with Gasteiger partial charge in [-0.3, -0.25) is 0 Å². The molecule has 0 spiro atoms. The Morgan fingerprint density at radius 1 is 1.07 bits per heavy atom. The lowest BCUT2D eigenvalue weighted by molar-refractivity contribution is -0.143. The highest BCUT2D eigenvalue weighted by Crippen LogP contribution is 2.17. The second-order valence-electron chi connectivity index (χ2n) is 7.45. The van der Waals surface area contributed by atoms with Crippen LogP contribution in [0.3, 0.4) is 0 Å². The van der Waals surface area contributed by atoms with E-state index < -0.39 is 23.7 Å². The van der Waals surface area contributed by atoms with Crippen LogP contribution in [0.5, 0.6) is 5.75 Å². The zero-order chi connectivity index (χ0) is 21.4. The molecule has 0 aliphatic heterocycles. The highest BCUT2D eigenvalue weighted by Gasteiger charge is 2.25. The fourth-order valence-corrected chi connectivity index (χ4v) is 2.52. The molecule has 0 aliphatic carbocycles. The summed E-state index contributed by atoms with van der Waals surface area (Å²) in [6, 6.07) is 12.5. The summed E-state index contributed by atoms with van der Waals surface area (Å²) < 4.78 is 29.2. The van der Waals surface area contributed by atoms with Crippen molar-refractivity contribution in [2.75, 3.05) is 7.11 Å². The molecule has 0 saturated carbocycles. The normalized spacial score (nSPS) is 12.0. The number of alkyl carbamates (subject to hydrolysis) is 1. The average molecular weight is 403 g/mol. The number of ether oxygens (including phenoxy) is 3. The molecule has 1 atom stereocenters. The lowest BCUT2D eigenvalue weighted by Gasteiger charge is -2.22. The van der Waals surface area contributed by atoms with Gasteiger partial charge in [0.05, 0.1) is 7.11 Å². The number of rotatable bonds is 7. The van der Waals surface area contributed by atoms with E-state index in [2.05, 4.69) is 5.32 Å². The Bertz CT molecular complexity index is 830. The van der Waals surface area contributed by atoms with Crippen molar-refractivity contribution in [3.63, 3.8) is 0 Å². The molecule has 1 N–H and O–H groups in total. The zero-order valence-corrected chi connectivity index (χ0v) is 17.0. The molecule has 0 heterocycles. The summed E-state index contributed by atoms with van der Waals surface area (Å²) in [4.78, 5) is 24.0. The maximum atomic E-state index is 13.6. The molecule has 1 unspecified atom stereocenters. The van der Waals surface area contributed by atoms with Crippen LogP contribution in [0.2, 0.25) is 0 Å². The molecule has 7 heteroatoms. The number of hydrogen-bond acceptors (Lipinski definition) is 5. The summed E-state index contributed by atoms with van der Waals surface area (Å²) in [6.07, 6.45) is -0.475. The number of halogens is 1. The molecule has 0 fully saturated rings. The van der Waals surface area contributed by atoms with E-state index in [1.165, 1.54) is 13.2 Å². The molecule has 1 amide bonds. The van der Waals surface area contributed by atoms with E-state index in [-0.39, 0.29) is 18.8 Å². The van der Waals surface area contributed by atoms with Gasteiger partial charge in [0, 0.05) is 12.0 Å². The van der Waals surface area contributed by atoms with Crippen LogP contribution >= 0.6 is 0 Å². The lowest BCUT2D eigenvalue weighted by Crippen LogP contribution is -2.45. The number of hydrogen-bond donors (Lipinski definition) is 1. The topological polar surface area (TPSA) is 73.9 Å². The quantitative estimate of drug-likeness (QED) is 0.707. The van der Waals surface area contributed by atoms with Gasteiger partial charge < -0.3 is 19.5 Å². The van der Waals surface area contributed by atoms with Crippen LogP contribution < -0.4 is 10.1 Å². The first-order valence-corrected chi connectivity index (χ1v) is 9.20. The predicted molar refractivity (Wildman–Crippen MR) is 106 cm³/mol. The van der Waals surface area contributed by atoms with Crippen molar-refractivity contribution in [2.24, 2.45) is 0 Å². The molecule has 0 bridgehead atoms. The maximum absolute atomic E-state index is 13.6. The summed E-state index contributed by atoms with van der Waals surface area (Å²) in [5.74, 6) is -0.333. The number of carbonyl (C=O) groups is 2. The van der Waals surface area contributed by atoms with Gasteiger partial charge in [-0.15, -0.1) is 0 Å². The third-order valence-corrected chi connectivity index (χ3v) is 3.89. The summed E-state index contributed by atoms with van der Waals surface area (Å²) in [6.45, 7) is 5.32. The number of amides is 1. The van der Waals surface area contributed by atoms with Gasteiger partial charge in [0.2, 0.25) is 0 Å². The first-order valence-electron chi connectivity index (χ1n) is 9.20. The summed E-state index contributed by atoms with van der Waals surface area (Å²) in [5, 5.41) is 2.53. The Balaban J connectivity index is 1.98. The third-order valence-electron chi connectivity index (χ3n) is 3.89. The van der Waals surface area contributed by atoms with Crippen molar-refractivity contribution in [3.8, 4) is 5.75 Å². The predicted octanol–water partition coefficient (Wildman–Crippen LogP) is 4.01. The minimum Gasteiger partial charge on any atom is -0.489 e. The standard InChI is InChI=1S/C22H26FNO5/c1-22(2,3)29-21(26)24-19(20(25)27-4)13-15-9-11-17(12-10-15)28-14-16-7-5-6-8-18(16)23/h5-12,19H,13-14H2,1-4H3,(H,24,26). The van der Waals surface area contributed by atoms with E-state index in [9.17, 15) is 14.0 Å².